The third-order valence-corrected chi connectivity index (χ3v) is 3.50. The zero-order valence-electron chi connectivity index (χ0n) is 9.05. The van der Waals surface area contributed by atoms with E-state index in [0.717, 1.165) is 16.7 Å². The Morgan fingerprint density at radius 3 is 3.12 bits per heavy atom. The van der Waals surface area contributed by atoms with Crippen LogP contribution in [0.5, 0.6) is 0 Å². The molecule has 6 heteroatoms. The van der Waals surface area contributed by atoms with Gasteiger partial charge in [0.05, 0.1) is 5.69 Å². The van der Waals surface area contributed by atoms with Gasteiger partial charge >= 0.3 is 0 Å². The molecule has 1 fully saturated rings. The standard InChI is InChI=1S/C10H13N5S/c1-11-6-9-12-13-10(16-9)15-5-4-8(14-15)7-2-3-7/h4-5,7,11H,2-3,6H2,1H3. The molecule has 0 amide bonds. The molecule has 0 aromatic carbocycles. The molecule has 84 valence electrons. The Labute approximate surface area is 97.5 Å². The van der Waals surface area contributed by atoms with Crippen molar-refractivity contribution in [3.8, 4) is 5.13 Å². The molecule has 2 aromatic rings. The van der Waals surface area contributed by atoms with Crippen LogP contribution in [0.25, 0.3) is 5.13 Å². The van der Waals surface area contributed by atoms with Crippen LogP contribution in [0.4, 0.5) is 0 Å². The van der Waals surface area contributed by atoms with Crippen molar-refractivity contribution in [1.82, 2.24) is 25.3 Å². The largest absolute Gasteiger partial charge is 0.313 e. The molecule has 1 saturated carbocycles. The highest BCUT2D eigenvalue weighted by Gasteiger charge is 2.26. The Morgan fingerprint density at radius 2 is 2.38 bits per heavy atom. The highest BCUT2D eigenvalue weighted by molar-refractivity contribution is 7.13. The fourth-order valence-electron chi connectivity index (χ4n) is 1.60. The molecule has 1 aliphatic rings. The van der Waals surface area contributed by atoms with Gasteiger partial charge in [0.2, 0.25) is 5.13 Å². The van der Waals surface area contributed by atoms with Crippen molar-refractivity contribution in [2.75, 3.05) is 7.05 Å². The molecule has 0 radical (unpaired) electrons. The van der Waals surface area contributed by atoms with Gasteiger partial charge in [0, 0.05) is 18.7 Å². The average molecular weight is 235 g/mol. The van der Waals surface area contributed by atoms with Crippen LogP contribution in [0.15, 0.2) is 12.3 Å². The predicted octanol–water partition coefficient (Wildman–Crippen LogP) is 1.32. The van der Waals surface area contributed by atoms with Crippen molar-refractivity contribution < 1.29 is 0 Å². The van der Waals surface area contributed by atoms with E-state index in [-0.39, 0.29) is 0 Å². The summed E-state index contributed by atoms with van der Waals surface area (Å²) in [7, 11) is 1.90. The van der Waals surface area contributed by atoms with E-state index in [4.69, 9.17) is 0 Å². The Bertz CT molecular complexity index is 485. The Morgan fingerprint density at radius 1 is 1.50 bits per heavy atom. The van der Waals surface area contributed by atoms with E-state index in [2.05, 4.69) is 26.7 Å². The second-order valence-electron chi connectivity index (χ2n) is 3.97. The first-order valence-electron chi connectivity index (χ1n) is 5.40. The van der Waals surface area contributed by atoms with Gasteiger partial charge in [-0.05, 0) is 26.0 Å². The monoisotopic (exact) mass is 235 g/mol. The van der Waals surface area contributed by atoms with Crippen LogP contribution in [0, 0.1) is 0 Å². The maximum atomic E-state index is 4.52. The first-order valence-corrected chi connectivity index (χ1v) is 6.21. The molecule has 0 saturated heterocycles. The molecule has 1 N–H and O–H groups in total. The molecule has 0 atom stereocenters. The Kier molecular flexibility index (Phi) is 2.45. The van der Waals surface area contributed by atoms with Crippen molar-refractivity contribution in [1.29, 1.82) is 0 Å². The lowest BCUT2D eigenvalue weighted by Gasteiger charge is -1.92. The topological polar surface area (TPSA) is 55.6 Å². The molecule has 2 aromatic heterocycles. The molecule has 0 unspecified atom stereocenters. The molecule has 0 spiro atoms. The van der Waals surface area contributed by atoms with Gasteiger partial charge in [-0.25, -0.2) is 4.68 Å². The van der Waals surface area contributed by atoms with E-state index in [1.807, 2.05) is 17.9 Å². The van der Waals surface area contributed by atoms with E-state index in [1.54, 1.807) is 11.3 Å². The number of nitrogens with one attached hydrogen (secondary N) is 1. The summed E-state index contributed by atoms with van der Waals surface area (Å²) in [5, 5.41) is 17.6. The lowest BCUT2D eigenvalue weighted by Crippen LogP contribution is -2.04. The third-order valence-electron chi connectivity index (χ3n) is 2.59. The molecule has 0 aliphatic heterocycles. The van der Waals surface area contributed by atoms with Gasteiger partial charge < -0.3 is 5.32 Å². The normalized spacial score (nSPS) is 15.6. The summed E-state index contributed by atoms with van der Waals surface area (Å²) in [6.45, 7) is 0.758. The van der Waals surface area contributed by atoms with E-state index in [9.17, 15) is 0 Å². The molecule has 16 heavy (non-hydrogen) atoms. The summed E-state index contributed by atoms with van der Waals surface area (Å²) < 4.78 is 1.82. The van der Waals surface area contributed by atoms with Crippen molar-refractivity contribution in [3.63, 3.8) is 0 Å². The molecule has 5 nitrogen and oxygen atoms in total. The quantitative estimate of drug-likeness (QED) is 0.868. The van der Waals surface area contributed by atoms with Gasteiger partial charge in [-0.3, -0.25) is 0 Å². The molecular weight excluding hydrogens is 222 g/mol. The maximum absolute atomic E-state index is 4.52. The van der Waals surface area contributed by atoms with Crippen molar-refractivity contribution in [2.24, 2.45) is 0 Å². The van der Waals surface area contributed by atoms with Gasteiger partial charge in [0.15, 0.2) is 0 Å². The second-order valence-corrected chi connectivity index (χ2v) is 5.01. The molecular formula is C10H13N5S. The van der Waals surface area contributed by atoms with E-state index < -0.39 is 0 Å². The van der Waals surface area contributed by atoms with Crippen LogP contribution in [0.3, 0.4) is 0 Å². The van der Waals surface area contributed by atoms with E-state index in [0.29, 0.717) is 5.92 Å². The van der Waals surface area contributed by atoms with Gasteiger partial charge in [0.25, 0.3) is 0 Å². The summed E-state index contributed by atoms with van der Waals surface area (Å²) in [4.78, 5) is 0. The van der Waals surface area contributed by atoms with Crippen LogP contribution < -0.4 is 5.32 Å². The van der Waals surface area contributed by atoms with Gasteiger partial charge in [0.1, 0.15) is 5.01 Å². The number of hydrogen-bond donors (Lipinski definition) is 1. The molecule has 1 aliphatic carbocycles. The van der Waals surface area contributed by atoms with Gasteiger partial charge in [-0.1, -0.05) is 11.3 Å². The minimum absolute atomic E-state index is 0.686. The third kappa shape index (κ3) is 1.85. The Balaban J connectivity index is 1.83. The van der Waals surface area contributed by atoms with Crippen molar-refractivity contribution >= 4 is 11.3 Å². The fraction of sp³-hybridized carbons (Fsp3) is 0.500. The number of aromatic nitrogens is 4. The molecule has 2 heterocycles. The fourth-order valence-corrected chi connectivity index (χ4v) is 2.39. The minimum Gasteiger partial charge on any atom is -0.313 e. The van der Waals surface area contributed by atoms with Crippen LogP contribution in [0.1, 0.15) is 29.5 Å². The number of hydrogen-bond acceptors (Lipinski definition) is 5. The van der Waals surface area contributed by atoms with E-state index >= 15 is 0 Å². The smallest absolute Gasteiger partial charge is 0.232 e. The van der Waals surface area contributed by atoms with E-state index in [1.165, 1.54) is 18.5 Å². The summed E-state index contributed by atoms with van der Waals surface area (Å²) >= 11 is 1.57. The first-order chi connectivity index (χ1) is 7.86. The predicted molar refractivity (Wildman–Crippen MR) is 61.8 cm³/mol. The van der Waals surface area contributed by atoms with Crippen LogP contribution >= 0.6 is 11.3 Å². The van der Waals surface area contributed by atoms with Gasteiger partial charge in [-0.2, -0.15) is 5.10 Å². The highest BCUT2D eigenvalue weighted by atomic mass is 32.1. The maximum Gasteiger partial charge on any atom is 0.232 e. The number of rotatable bonds is 4. The highest BCUT2D eigenvalue weighted by Crippen LogP contribution is 2.39. The summed E-state index contributed by atoms with van der Waals surface area (Å²) in [5.41, 5.74) is 1.19. The summed E-state index contributed by atoms with van der Waals surface area (Å²) in [6.07, 6.45) is 4.52. The Hall–Kier alpha value is -1.27. The van der Waals surface area contributed by atoms with Gasteiger partial charge in [-0.15, -0.1) is 10.2 Å². The van der Waals surface area contributed by atoms with Crippen LogP contribution in [-0.4, -0.2) is 27.0 Å². The van der Waals surface area contributed by atoms with Crippen LogP contribution in [0.2, 0.25) is 0 Å². The molecule has 3 rings (SSSR count). The minimum atomic E-state index is 0.686. The van der Waals surface area contributed by atoms with Crippen molar-refractivity contribution in [2.45, 2.75) is 25.3 Å². The zero-order chi connectivity index (χ0) is 11.0. The average Bonchev–Trinajstić information content (AvgIpc) is 2.85. The lowest BCUT2D eigenvalue weighted by atomic mass is 10.3. The SMILES string of the molecule is CNCc1nnc(-n2ccc(C3CC3)n2)s1. The van der Waals surface area contributed by atoms with Crippen molar-refractivity contribution in [3.05, 3.63) is 23.0 Å². The zero-order valence-corrected chi connectivity index (χ0v) is 9.87. The van der Waals surface area contributed by atoms with Crippen LogP contribution in [-0.2, 0) is 6.54 Å². The first kappa shape index (κ1) is 9.92. The molecule has 0 bridgehead atoms. The summed E-state index contributed by atoms with van der Waals surface area (Å²) in [5.74, 6) is 0.686. The summed E-state index contributed by atoms with van der Waals surface area (Å²) in [6, 6.07) is 2.08. The number of nitrogens with zero attached hydrogens (tertiary/aromatic N) is 4. The second kappa shape index (κ2) is 3.95. The lowest BCUT2D eigenvalue weighted by molar-refractivity contribution is 0.780.